The molecule has 1 atom stereocenters. The Morgan fingerprint density at radius 2 is 1.80 bits per heavy atom. The molecule has 0 saturated heterocycles. The smallest absolute Gasteiger partial charge is 0.307 e. The Bertz CT molecular complexity index is 1020. The Hall–Kier alpha value is -3.19. The number of rotatable bonds is 10. The van der Waals surface area contributed by atoms with Crippen LogP contribution in [0.3, 0.4) is 0 Å². The Balaban J connectivity index is 1.66. The number of thiazole rings is 1. The van der Waals surface area contributed by atoms with Crippen molar-refractivity contribution < 1.29 is 24.2 Å². The highest BCUT2D eigenvalue weighted by Gasteiger charge is 2.22. The quantitative estimate of drug-likeness (QED) is 0.522. The SMILES string of the molecule is COc1ccc(-c2nc(CC(=O)C[C@@H](Cc3ccccc3)C(=O)O)cs2)cc1OC. The van der Waals surface area contributed by atoms with Gasteiger partial charge in [0, 0.05) is 23.8 Å². The molecule has 0 aliphatic rings. The summed E-state index contributed by atoms with van der Waals surface area (Å²) in [6.45, 7) is 0. The molecule has 7 heteroatoms. The Kier molecular flexibility index (Phi) is 7.19. The zero-order valence-corrected chi connectivity index (χ0v) is 17.6. The molecule has 3 aromatic rings. The monoisotopic (exact) mass is 425 g/mol. The van der Waals surface area contributed by atoms with Crippen LogP contribution in [0.15, 0.2) is 53.9 Å². The molecule has 2 aromatic carbocycles. The summed E-state index contributed by atoms with van der Waals surface area (Å²) < 4.78 is 10.6. The van der Waals surface area contributed by atoms with E-state index in [4.69, 9.17) is 9.47 Å². The van der Waals surface area contributed by atoms with Crippen molar-refractivity contribution in [3.05, 3.63) is 65.2 Å². The summed E-state index contributed by atoms with van der Waals surface area (Å²) >= 11 is 1.43. The van der Waals surface area contributed by atoms with Gasteiger partial charge in [-0.1, -0.05) is 30.3 Å². The minimum absolute atomic E-state index is 0.0204. The topological polar surface area (TPSA) is 85.7 Å². The molecule has 6 nitrogen and oxygen atoms in total. The number of Topliss-reactive ketones (excluding diaryl/α,β-unsaturated/α-hetero) is 1. The molecule has 0 spiro atoms. The molecule has 0 unspecified atom stereocenters. The standard InChI is InChI=1S/C23H23NO5S/c1-28-20-9-8-16(12-21(20)29-2)22-24-18(14-30-22)13-19(25)11-17(23(26)27)10-15-6-4-3-5-7-15/h3-9,12,14,17H,10-11,13H2,1-2H3,(H,26,27)/t17-/m1/s1. The molecule has 1 aromatic heterocycles. The largest absolute Gasteiger partial charge is 0.493 e. The molecule has 3 rings (SSSR count). The van der Waals surface area contributed by atoms with Gasteiger partial charge in [0.05, 0.1) is 25.8 Å². The highest BCUT2D eigenvalue weighted by Crippen LogP contribution is 2.33. The van der Waals surface area contributed by atoms with Gasteiger partial charge in [-0.2, -0.15) is 0 Å². The van der Waals surface area contributed by atoms with E-state index >= 15 is 0 Å². The van der Waals surface area contributed by atoms with Gasteiger partial charge in [0.15, 0.2) is 11.5 Å². The average molecular weight is 426 g/mol. The van der Waals surface area contributed by atoms with Crippen LogP contribution in [0, 0.1) is 5.92 Å². The summed E-state index contributed by atoms with van der Waals surface area (Å²) in [6.07, 6.45) is 0.422. The third-order valence-electron chi connectivity index (χ3n) is 4.71. The van der Waals surface area contributed by atoms with Gasteiger partial charge < -0.3 is 14.6 Å². The zero-order chi connectivity index (χ0) is 21.5. The van der Waals surface area contributed by atoms with Crippen LogP contribution in [0.5, 0.6) is 11.5 Å². The van der Waals surface area contributed by atoms with Crippen molar-refractivity contribution in [3.8, 4) is 22.1 Å². The van der Waals surface area contributed by atoms with Crippen molar-refractivity contribution >= 4 is 23.1 Å². The summed E-state index contributed by atoms with van der Waals surface area (Å²) in [5.74, 6) is -0.609. The summed E-state index contributed by atoms with van der Waals surface area (Å²) in [6, 6.07) is 14.9. The number of methoxy groups -OCH3 is 2. The van der Waals surface area contributed by atoms with Crippen LogP contribution >= 0.6 is 11.3 Å². The lowest BCUT2D eigenvalue weighted by Gasteiger charge is -2.11. The molecule has 30 heavy (non-hydrogen) atoms. The fraction of sp³-hybridized carbons (Fsp3) is 0.261. The first-order valence-electron chi connectivity index (χ1n) is 9.45. The van der Waals surface area contributed by atoms with E-state index in [2.05, 4.69) is 4.98 Å². The van der Waals surface area contributed by atoms with Crippen molar-refractivity contribution in [2.24, 2.45) is 5.92 Å². The van der Waals surface area contributed by atoms with Crippen LogP contribution < -0.4 is 9.47 Å². The van der Waals surface area contributed by atoms with Crippen molar-refractivity contribution in [3.63, 3.8) is 0 Å². The first-order chi connectivity index (χ1) is 14.5. The van der Waals surface area contributed by atoms with Crippen LogP contribution in [0.25, 0.3) is 10.6 Å². The first kappa shape index (κ1) is 21.5. The number of hydrogen-bond acceptors (Lipinski definition) is 6. The minimum atomic E-state index is -0.962. The lowest BCUT2D eigenvalue weighted by atomic mass is 9.93. The van der Waals surface area contributed by atoms with Crippen molar-refractivity contribution in [1.82, 2.24) is 4.98 Å². The summed E-state index contributed by atoms with van der Waals surface area (Å²) in [4.78, 5) is 28.7. The number of hydrogen-bond donors (Lipinski definition) is 1. The Morgan fingerprint density at radius 1 is 1.07 bits per heavy atom. The summed E-state index contributed by atoms with van der Waals surface area (Å²) in [5.41, 5.74) is 2.41. The number of carboxylic acid groups (broad SMARTS) is 1. The second kappa shape index (κ2) is 10.0. The van der Waals surface area contributed by atoms with Gasteiger partial charge in [0.1, 0.15) is 10.8 Å². The first-order valence-corrected chi connectivity index (χ1v) is 10.3. The van der Waals surface area contributed by atoms with E-state index in [0.29, 0.717) is 23.6 Å². The molecule has 0 fully saturated rings. The number of ketones is 1. The number of carbonyl (C=O) groups excluding carboxylic acids is 1. The lowest BCUT2D eigenvalue weighted by molar-refractivity contribution is -0.143. The van der Waals surface area contributed by atoms with Gasteiger partial charge in [-0.05, 0) is 30.2 Å². The zero-order valence-electron chi connectivity index (χ0n) is 16.8. The predicted molar refractivity (Wildman–Crippen MR) is 115 cm³/mol. The van der Waals surface area contributed by atoms with Crippen LogP contribution in [-0.2, 0) is 22.4 Å². The fourth-order valence-electron chi connectivity index (χ4n) is 3.18. The highest BCUT2D eigenvalue weighted by molar-refractivity contribution is 7.13. The van der Waals surface area contributed by atoms with Gasteiger partial charge in [-0.15, -0.1) is 11.3 Å². The molecule has 0 amide bonds. The maximum Gasteiger partial charge on any atom is 0.307 e. The molecule has 0 aliphatic carbocycles. The van der Waals surface area contributed by atoms with Crippen molar-refractivity contribution in [2.75, 3.05) is 14.2 Å². The number of carbonyl (C=O) groups is 2. The molecule has 0 saturated carbocycles. The molecule has 0 bridgehead atoms. The maximum absolute atomic E-state index is 12.5. The van der Waals surface area contributed by atoms with Crippen LogP contribution in [0.1, 0.15) is 17.7 Å². The van der Waals surface area contributed by atoms with Crippen LogP contribution in [-0.4, -0.2) is 36.1 Å². The molecule has 1 heterocycles. The molecular weight excluding hydrogens is 402 g/mol. The van der Waals surface area contributed by atoms with Crippen molar-refractivity contribution in [2.45, 2.75) is 19.3 Å². The van der Waals surface area contributed by atoms with E-state index in [9.17, 15) is 14.7 Å². The van der Waals surface area contributed by atoms with E-state index in [-0.39, 0.29) is 18.6 Å². The summed E-state index contributed by atoms with van der Waals surface area (Å²) in [5, 5.41) is 12.1. The van der Waals surface area contributed by atoms with Crippen LogP contribution in [0.2, 0.25) is 0 Å². The maximum atomic E-state index is 12.5. The number of aliphatic carboxylic acids is 1. The number of carboxylic acids is 1. The number of benzene rings is 2. The second-order valence-corrected chi connectivity index (χ2v) is 7.72. The van der Waals surface area contributed by atoms with Gasteiger partial charge in [0.2, 0.25) is 0 Å². The summed E-state index contributed by atoms with van der Waals surface area (Å²) in [7, 11) is 3.15. The fourth-order valence-corrected chi connectivity index (χ4v) is 4.00. The highest BCUT2D eigenvalue weighted by atomic mass is 32.1. The molecule has 0 aliphatic heterocycles. The molecule has 1 N–H and O–H groups in total. The molecule has 156 valence electrons. The average Bonchev–Trinajstić information content (AvgIpc) is 3.21. The Morgan fingerprint density at radius 3 is 2.47 bits per heavy atom. The molecular formula is C23H23NO5S. The minimum Gasteiger partial charge on any atom is -0.493 e. The molecule has 0 radical (unpaired) electrons. The van der Waals surface area contributed by atoms with E-state index < -0.39 is 11.9 Å². The third kappa shape index (κ3) is 5.45. The van der Waals surface area contributed by atoms with E-state index in [0.717, 1.165) is 16.1 Å². The van der Waals surface area contributed by atoms with Crippen LogP contribution in [0.4, 0.5) is 0 Å². The number of ether oxygens (including phenoxy) is 2. The van der Waals surface area contributed by atoms with E-state index in [1.54, 1.807) is 20.3 Å². The lowest BCUT2D eigenvalue weighted by Crippen LogP contribution is -2.21. The van der Waals surface area contributed by atoms with E-state index in [1.807, 2.05) is 47.8 Å². The number of aromatic nitrogens is 1. The van der Waals surface area contributed by atoms with Gasteiger partial charge in [-0.25, -0.2) is 4.98 Å². The van der Waals surface area contributed by atoms with Gasteiger partial charge >= 0.3 is 5.97 Å². The van der Waals surface area contributed by atoms with Crippen molar-refractivity contribution in [1.29, 1.82) is 0 Å². The normalized spacial score (nSPS) is 11.7. The van der Waals surface area contributed by atoms with E-state index in [1.165, 1.54) is 11.3 Å². The third-order valence-corrected chi connectivity index (χ3v) is 5.65. The second-order valence-electron chi connectivity index (χ2n) is 6.86. The number of nitrogens with zero attached hydrogens (tertiary/aromatic N) is 1. The Labute approximate surface area is 179 Å². The van der Waals surface area contributed by atoms with Gasteiger partial charge in [-0.3, -0.25) is 9.59 Å². The van der Waals surface area contributed by atoms with Gasteiger partial charge in [0.25, 0.3) is 0 Å². The predicted octanol–water partition coefficient (Wildman–Crippen LogP) is 4.27.